The third kappa shape index (κ3) is 5.06. The predicted octanol–water partition coefficient (Wildman–Crippen LogP) is 3.10. The van der Waals surface area contributed by atoms with E-state index in [2.05, 4.69) is 10.3 Å². The van der Waals surface area contributed by atoms with Crippen molar-refractivity contribution in [1.29, 1.82) is 0 Å². The molecule has 0 unspecified atom stereocenters. The summed E-state index contributed by atoms with van der Waals surface area (Å²) in [6, 6.07) is 10.7. The number of rotatable bonds is 7. The molecule has 0 saturated heterocycles. The number of aromatic nitrogens is 1. The van der Waals surface area contributed by atoms with E-state index in [1.54, 1.807) is 6.92 Å². The minimum absolute atomic E-state index is 0.100. The van der Waals surface area contributed by atoms with Gasteiger partial charge in [0, 0.05) is 12.5 Å². The Kier molecular flexibility index (Phi) is 5.62. The van der Waals surface area contributed by atoms with Gasteiger partial charge in [-0.25, -0.2) is 4.98 Å². The lowest BCUT2D eigenvalue weighted by atomic mass is 10.2. The average Bonchev–Trinajstić information content (AvgIpc) is 2.54. The van der Waals surface area contributed by atoms with Crippen LogP contribution in [0.3, 0.4) is 0 Å². The van der Waals surface area contributed by atoms with E-state index in [0.717, 1.165) is 11.9 Å². The molecule has 1 N–H and O–H groups in total. The zero-order valence-electron chi connectivity index (χ0n) is 12.7. The number of anilines is 1. The van der Waals surface area contributed by atoms with Gasteiger partial charge in [0.25, 0.3) is 5.69 Å². The molecule has 0 saturated carbocycles. The Morgan fingerprint density at radius 1 is 1.35 bits per heavy atom. The monoisotopic (exact) mass is 315 g/mol. The van der Waals surface area contributed by atoms with E-state index in [0.29, 0.717) is 24.4 Å². The van der Waals surface area contributed by atoms with E-state index in [4.69, 9.17) is 4.74 Å². The number of aryl methyl sites for hydroxylation is 1. The summed E-state index contributed by atoms with van der Waals surface area (Å²) >= 11 is 0. The number of nitrogens with one attached hydrogen (secondary N) is 1. The number of carbonyl (C=O) groups is 1. The maximum Gasteiger partial charge on any atom is 0.287 e. The lowest BCUT2D eigenvalue weighted by Crippen LogP contribution is -2.14. The number of hydrogen-bond acceptors (Lipinski definition) is 5. The van der Waals surface area contributed by atoms with Crippen molar-refractivity contribution in [3.05, 3.63) is 58.3 Å². The highest BCUT2D eigenvalue weighted by Gasteiger charge is 2.11. The van der Waals surface area contributed by atoms with Gasteiger partial charge in [-0.05, 0) is 31.0 Å². The molecule has 23 heavy (non-hydrogen) atoms. The molecule has 0 atom stereocenters. The first-order valence-corrected chi connectivity index (χ1v) is 7.15. The third-order valence-corrected chi connectivity index (χ3v) is 3.09. The lowest BCUT2D eigenvalue weighted by molar-refractivity contribution is -0.385. The molecule has 7 nitrogen and oxygen atoms in total. The maximum absolute atomic E-state index is 11.9. The number of carbonyl (C=O) groups excluding carboxylic acids is 1. The zero-order chi connectivity index (χ0) is 16.7. The van der Waals surface area contributed by atoms with Crippen LogP contribution in [0, 0.1) is 17.0 Å². The van der Waals surface area contributed by atoms with Crippen LogP contribution in [0.2, 0.25) is 0 Å². The topological polar surface area (TPSA) is 94.4 Å². The molecule has 7 heteroatoms. The Labute approximate surface area is 133 Å². The average molecular weight is 315 g/mol. The molecule has 1 aromatic heterocycles. The number of nitro groups is 1. The van der Waals surface area contributed by atoms with Crippen molar-refractivity contribution in [1.82, 2.24) is 4.98 Å². The Bertz CT molecular complexity index is 689. The first-order chi connectivity index (χ1) is 11.1. The van der Waals surface area contributed by atoms with Crippen molar-refractivity contribution < 1.29 is 14.5 Å². The number of para-hydroxylation sites is 1. The van der Waals surface area contributed by atoms with Crippen LogP contribution in [-0.4, -0.2) is 22.4 Å². The number of ether oxygens (including phenoxy) is 1. The zero-order valence-corrected chi connectivity index (χ0v) is 12.7. The van der Waals surface area contributed by atoms with Crippen LogP contribution in [0.25, 0.3) is 0 Å². The normalized spacial score (nSPS) is 10.1. The van der Waals surface area contributed by atoms with Crippen molar-refractivity contribution >= 4 is 17.4 Å². The van der Waals surface area contributed by atoms with Crippen LogP contribution in [0.5, 0.6) is 5.75 Å². The fraction of sp³-hybridized carbons (Fsp3) is 0.250. The van der Waals surface area contributed by atoms with Gasteiger partial charge in [0.05, 0.1) is 11.5 Å². The van der Waals surface area contributed by atoms with Gasteiger partial charge in [0.1, 0.15) is 17.8 Å². The number of benzene rings is 1. The number of nitrogens with zero attached hydrogens (tertiary/aromatic N) is 2. The van der Waals surface area contributed by atoms with Crippen molar-refractivity contribution in [3.63, 3.8) is 0 Å². The van der Waals surface area contributed by atoms with Gasteiger partial charge in [0.2, 0.25) is 5.91 Å². The number of amides is 1. The van der Waals surface area contributed by atoms with Gasteiger partial charge in [-0.3, -0.25) is 14.9 Å². The van der Waals surface area contributed by atoms with Gasteiger partial charge >= 0.3 is 0 Å². The van der Waals surface area contributed by atoms with E-state index in [1.807, 2.05) is 30.3 Å². The molecule has 0 aliphatic heterocycles. The Morgan fingerprint density at radius 2 is 2.09 bits per heavy atom. The lowest BCUT2D eigenvalue weighted by Gasteiger charge is -2.08. The van der Waals surface area contributed by atoms with Gasteiger partial charge in [0.15, 0.2) is 0 Å². The third-order valence-electron chi connectivity index (χ3n) is 3.09. The summed E-state index contributed by atoms with van der Waals surface area (Å²) in [4.78, 5) is 25.9. The summed E-state index contributed by atoms with van der Waals surface area (Å²) in [5, 5.41) is 13.3. The maximum atomic E-state index is 11.9. The predicted molar refractivity (Wildman–Crippen MR) is 85.4 cm³/mol. The highest BCUT2D eigenvalue weighted by Crippen LogP contribution is 2.18. The van der Waals surface area contributed by atoms with Crippen LogP contribution < -0.4 is 10.1 Å². The van der Waals surface area contributed by atoms with E-state index < -0.39 is 4.92 Å². The fourth-order valence-corrected chi connectivity index (χ4v) is 1.92. The van der Waals surface area contributed by atoms with Gasteiger partial charge in [-0.1, -0.05) is 18.2 Å². The van der Waals surface area contributed by atoms with E-state index >= 15 is 0 Å². The van der Waals surface area contributed by atoms with Crippen molar-refractivity contribution in [2.75, 3.05) is 11.9 Å². The van der Waals surface area contributed by atoms with Gasteiger partial charge < -0.3 is 10.1 Å². The number of hydrogen-bond donors (Lipinski definition) is 1. The second-order valence-corrected chi connectivity index (χ2v) is 4.93. The summed E-state index contributed by atoms with van der Waals surface area (Å²) in [6.45, 7) is 2.10. The van der Waals surface area contributed by atoms with Crippen molar-refractivity contribution in [3.8, 4) is 5.75 Å². The standard InChI is InChI=1S/C16H17N3O4/c1-12-10-13(19(21)22)11-17-16(12)18-15(20)8-5-9-23-14-6-3-2-4-7-14/h2-4,6-7,10-11H,5,8-9H2,1H3,(H,17,18,20). The first kappa shape index (κ1) is 16.4. The Balaban J connectivity index is 1.77. The minimum Gasteiger partial charge on any atom is -0.494 e. The summed E-state index contributed by atoms with van der Waals surface area (Å²) in [5.41, 5.74) is 0.449. The van der Waals surface area contributed by atoms with Gasteiger partial charge in [-0.15, -0.1) is 0 Å². The molecule has 0 fully saturated rings. The van der Waals surface area contributed by atoms with Crippen LogP contribution in [0.4, 0.5) is 11.5 Å². The largest absolute Gasteiger partial charge is 0.494 e. The van der Waals surface area contributed by atoms with Crippen LogP contribution >= 0.6 is 0 Å². The molecule has 1 heterocycles. The molecule has 120 valence electrons. The van der Waals surface area contributed by atoms with E-state index in [1.165, 1.54) is 6.07 Å². The van der Waals surface area contributed by atoms with E-state index in [9.17, 15) is 14.9 Å². The first-order valence-electron chi connectivity index (χ1n) is 7.15. The summed E-state index contributed by atoms with van der Waals surface area (Å²) in [7, 11) is 0. The van der Waals surface area contributed by atoms with Crippen molar-refractivity contribution in [2.24, 2.45) is 0 Å². The second kappa shape index (κ2) is 7.88. The van der Waals surface area contributed by atoms with Crippen molar-refractivity contribution in [2.45, 2.75) is 19.8 Å². The molecule has 1 aromatic carbocycles. The molecule has 1 amide bonds. The molecular formula is C16H17N3O4. The molecule has 0 bridgehead atoms. The number of pyridine rings is 1. The molecule has 0 radical (unpaired) electrons. The van der Waals surface area contributed by atoms with Gasteiger partial charge in [-0.2, -0.15) is 0 Å². The highest BCUT2D eigenvalue weighted by molar-refractivity contribution is 5.90. The Hall–Kier alpha value is -2.96. The summed E-state index contributed by atoms with van der Waals surface area (Å²) in [6.07, 6.45) is 1.97. The molecular weight excluding hydrogens is 298 g/mol. The van der Waals surface area contributed by atoms with Crippen LogP contribution in [-0.2, 0) is 4.79 Å². The molecule has 0 aliphatic carbocycles. The quantitative estimate of drug-likeness (QED) is 0.481. The van der Waals surface area contributed by atoms with Crippen LogP contribution in [0.15, 0.2) is 42.6 Å². The Morgan fingerprint density at radius 3 is 2.74 bits per heavy atom. The summed E-state index contributed by atoms with van der Waals surface area (Å²) < 4.78 is 5.50. The minimum atomic E-state index is -0.521. The molecule has 2 aromatic rings. The molecule has 0 aliphatic rings. The smallest absolute Gasteiger partial charge is 0.287 e. The molecule has 2 rings (SSSR count). The second-order valence-electron chi connectivity index (χ2n) is 4.93. The highest BCUT2D eigenvalue weighted by atomic mass is 16.6. The fourth-order valence-electron chi connectivity index (χ4n) is 1.92. The van der Waals surface area contributed by atoms with Crippen LogP contribution in [0.1, 0.15) is 18.4 Å². The van der Waals surface area contributed by atoms with E-state index in [-0.39, 0.29) is 18.0 Å². The molecule has 0 spiro atoms. The SMILES string of the molecule is Cc1cc([N+](=O)[O-])cnc1NC(=O)CCCOc1ccccc1. The summed E-state index contributed by atoms with van der Waals surface area (Å²) in [5.74, 6) is 0.900.